The van der Waals surface area contributed by atoms with Gasteiger partial charge >= 0.3 is 0 Å². The Bertz CT molecular complexity index is 848. The van der Waals surface area contributed by atoms with Crippen LogP contribution in [-0.4, -0.2) is 48.7 Å². The third-order valence-corrected chi connectivity index (χ3v) is 6.16. The Kier molecular flexibility index (Phi) is 5.54. The number of ether oxygens (including phenoxy) is 2. The summed E-state index contributed by atoms with van der Waals surface area (Å²) < 4.78 is 11.0. The van der Waals surface area contributed by atoms with E-state index in [1.165, 1.54) is 35.4 Å². The number of methoxy groups -OCH3 is 2. The Labute approximate surface area is 168 Å². The van der Waals surface area contributed by atoms with Crippen LogP contribution >= 0.6 is 0 Å². The molecular weight excluding hydrogens is 350 g/mol. The Morgan fingerprint density at radius 1 is 1.11 bits per heavy atom. The van der Waals surface area contributed by atoms with Crippen LogP contribution in [0.1, 0.15) is 59.9 Å². The average Bonchev–Trinajstić information content (AvgIpc) is 3.47. The van der Waals surface area contributed by atoms with Gasteiger partial charge in [-0.05, 0) is 70.7 Å². The molecule has 1 saturated carbocycles. The fourth-order valence-electron chi connectivity index (χ4n) is 4.47. The fourth-order valence-corrected chi connectivity index (χ4v) is 4.47. The largest absolute Gasteiger partial charge is 0.497 e. The lowest BCUT2D eigenvalue weighted by Crippen LogP contribution is -2.22. The predicted molar refractivity (Wildman–Crippen MR) is 110 cm³/mol. The van der Waals surface area contributed by atoms with Crippen molar-refractivity contribution in [2.45, 2.75) is 57.4 Å². The van der Waals surface area contributed by atoms with Gasteiger partial charge in [-0.25, -0.2) is 9.97 Å². The summed E-state index contributed by atoms with van der Waals surface area (Å²) in [5.41, 5.74) is 5.00. The van der Waals surface area contributed by atoms with E-state index in [1.54, 1.807) is 14.2 Å². The molecule has 28 heavy (non-hydrogen) atoms. The minimum absolute atomic E-state index is 0.269. The topological polar surface area (TPSA) is 47.5 Å². The molecule has 2 aliphatic rings. The van der Waals surface area contributed by atoms with Gasteiger partial charge in [-0.3, -0.25) is 0 Å². The minimum atomic E-state index is 0.269. The van der Waals surface area contributed by atoms with Crippen molar-refractivity contribution in [1.82, 2.24) is 14.9 Å². The summed E-state index contributed by atoms with van der Waals surface area (Å²) >= 11 is 0. The Balaban J connectivity index is 1.57. The molecule has 1 aromatic heterocycles. The van der Waals surface area contributed by atoms with Gasteiger partial charge in [0.25, 0.3) is 0 Å². The molecule has 0 saturated heterocycles. The van der Waals surface area contributed by atoms with E-state index in [0.717, 1.165) is 55.6 Å². The first-order chi connectivity index (χ1) is 13.6. The second kappa shape index (κ2) is 8.08. The highest BCUT2D eigenvalue weighted by Gasteiger charge is 2.31. The fraction of sp³-hybridized carbons (Fsp3) is 0.565. The second-order valence-electron chi connectivity index (χ2n) is 8.10. The molecular formula is C23H31N3O2. The molecule has 0 N–H and O–H groups in total. The van der Waals surface area contributed by atoms with Gasteiger partial charge in [-0.15, -0.1) is 0 Å². The van der Waals surface area contributed by atoms with E-state index in [2.05, 4.69) is 18.0 Å². The van der Waals surface area contributed by atoms with Crippen LogP contribution in [0.25, 0.3) is 0 Å². The summed E-state index contributed by atoms with van der Waals surface area (Å²) in [6.07, 6.45) is 7.03. The molecule has 150 valence electrons. The lowest BCUT2D eigenvalue weighted by molar-refractivity contribution is 0.319. The number of fused-ring (bicyclic) bond motifs is 1. The van der Waals surface area contributed by atoms with Crippen molar-refractivity contribution < 1.29 is 9.47 Å². The summed E-state index contributed by atoms with van der Waals surface area (Å²) in [4.78, 5) is 12.2. The Morgan fingerprint density at radius 2 is 1.93 bits per heavy atom. The molecule has 0 aliphatic heterocycles. The normalized spacial score (nSPS) is 18.4. The number of aryl methyl sites for hydroxylation is 2. The van der Waals surface area contributed by atoms with Crippen molar-refractivity contribution in [1.29, 1.82) is 0 Å². The number of benzene rings is 1. The van der Waals surface area contributed by atoms with Crippen molar-refractivity contribution in [3.05, 3.63) is 46.5 Å². The zero-order valence-corrected chi connectivity index (χ0v) is 17.5. The molecule has 1 atom stereocenters. The van der Waals surface area contributed by atoms with Crippen LogP contribution in [0.15, 0.2) is 18.2 Å². The van der Waals surface area contributed by atoms with Gasteiger partial charge < -0.3 is 14.4 Å². The molecule has 1 fully saturated rings. The first kappa shape index (κ1) is 19.2. The van der Waals surface area contributed by atoms with Gasteiger partial charge in [0, 0.05) is 29.3 Å². The van der Waals surface area contributed by atoms with E-state index >= 15 is 0 Å². The molecule has 1 aromatic carbocycles. The van der Waals surface area contributed by atoms with Crippen LogP contribution in [0.2, 0.25) is 0 Å². The van der Waals surface area contributed by atoms with Crippen LogP contribution in [0, 0.1) is 6.92 Å². The summed E-state index contributed by atoms with van der Waals surface area (Å²) in [6.45, 7) is 3.17. The predicted octanol–water partition coefficient (Wildman–Crippen LogP) is 3.91. The summed E-state index contributed by atoms with van der Waals surface area (Å²) in [5.74, 6) is 2.84. The second-order valence-corrected chi connectivity index (χ2v) is 8.10. The Morgan fingerprint density at radius 3 is 2.64 bits per heavy atom. The highest BCUT2D eigenvalue weighted by atomic mass is 16.5. The van der Waals surface area contributed by atoms with Crippen LogP contribution in [0.5, 0.6) is 11.5 Å². The molecule has 0 spiro atoms. The number of nitrogens with zero attached hydrogens (tertiary/aromatic N) is 3. The molecule has 4 rings (SSSR count). The molecule has 5 nitrogen and oxygen atoms in total. The third-order valence-electron chi connectivity index (χ3n) is 6.16. The van der Waals surface area contributed by atoms with E-state index < -0.39 is 0 Å². The molecule has 0 bridgehead atoms. The monoisotopic (exact) mass is 381 g/mol. The van der Waals surface area contributed by atoms with E-state index in [9.17, 15) is 0 Å². The van der Waals surface area contributed by atoms with E-state index in [0.29, 0.717) is 0 Å². The summed E-state index contributed by atoms with van der Waals surface area (Å²) in [5, 5.41) is 0. The standard InChI is InChI=1S/C23H31N3O2/c1-15-24-21(6-5-13-26(2)16-7-8-16)20-12-11-19(23(20)25-15)18-10-9-17(27-3)14-22(18)28-4/h9-10,14,16,19H,5-8,11-13H2,1-4H3. The van der Waals surface area contributed by atoms with Gasteiger partial charge in [0.15, 0.2) is 0 Å². The number of aromatic nitrogens is 2. The van der Waals surface area contributed by atoms with Crippen molar-refractivity contribution >= 4 is 0 Å². The lowest BCUT2D eigenvalue weighted by Gasteiger charge is -2.18. The van der Waals surface area contributed by atoms with Gasteiger partial charge in [0.2, 0.25) is 0 Å². The molecule has 1 unspecified atom stereocenters. The van der Waals surface area contributed by atoms with Gasteiger partial charge in [0.05, 0.1) is 19.9 Å². The van der Waals surface area contributed by atoms with Gasteiger partial charge in [-0.2, -0.15) is 0 Å². The lowest BCUT2D eigenvalue weighted by atomic mass is 9.95. The molecule has 2 aromatic rings. The zero-order valence-electron chi connectivity index (χ0n) is 17.5. The maximum absolute atomic E-state index is 5.67. The van der Waals surface area contributed by atoms with Crippen molar-refractivity contribution in [3.63, 3.8) is 0 Å². The highest BCUT2D eigenvalue weighted by Crippen LogP contribution is 2.42. The Hall–Kier alpha value is -2.14. The van der Waals surface area contributed by atoms with E-state index in [1.807, 2.05) is 19.1 Å². The minimum Gasteiger partial charge on any atom is -0.497 e. The number of hydrogen-bond donors (Lipinski definition) is 0. The highest BCUT2D eigenvalue weighted by molar-refractivity contribution is 5.49. The quantitative estimate of drug-likeness (QED) is 0.694. The zero-order chi connectivity index (χ0) is 19.7. The average molecular weight is 382 g/mol. The molecule has 1 heterocycles. The van der Waals surface area contributed by atoms with E-state index in [-0.39, 0.29) is 5.92 Å². The number of hydrogen-bond acceptors (Lipinski definition) is 5. The van der Waals surface area contributed by atoms with Crippen LogP contribution in [0.4, 0.5) is 0 Å². The first-order valence-electron chi connectivity index (χ1n) is 10.4. The SMILES string of the molecule is COc1ccc(C2CCc3c(CCCN(C)C4CC4)nc(C)nc32)c(OC)c1. The summed E-state index contributed by atoms with van der Waals surface area (Å²) in [6, 6.07) is 6.93. The molecule has 2 aliphatic carbocycles. The molecule has 0 amide bonds. The molecule has 5 heteroatoms. The van der Waals surface area contributed by atoms with Crippen molar-refractivity contribution in [3.8, 4) is 11.5 Å². The van der Waals surface area contributed by atoms with Crippen molar-refractivity contribution in [2.75, 3.05) is 27.8 Å². The van der Waals surface area contributed by atoms with Crippen LogP contribution < -0.4 is 9.47 Å². The molecule has 0 radical (unpaired) electrons. The van der Waals surface area contributed by atoms with Crippen LogP contribution in [0.3, 0.4) is 0 Å². The van der Waals surface area contributed by atoms with E-state index in [4.69, 9.17) is 19.4 Å². The summed E-state index contributed by atoms with van der Waals surface area (Å²) in [7, 11) is 5.66. The first-order valence-corrected chi connectivity index (χ1v) is 10.4. The maximum atomic E-state index is 5.67. The van der Waals surface area contributed by atoms with Crippen molar-refractivity contribution in [2.24, 2.45) is 0 Å². The van der Waals surface area contributed by atoms with Gasteiger partial charge in [-0.1, -0.05) is 6.07 Å². The van der Waals surface area contributed by atoms with Gasteiger partial charge in [0.1, 0.15) is 17.3 Å². The third kappa shape index (κ3) is 3.86. The maximum Gasteiger partial charge on any atom is 0.126 e. The smallest absolute Gasteiger partial charge is 0.126 e. The van der Waals surface area contributed by atoms with Crippen LogP contribution in [-0.2, 0) is 12.8 Å². The number of rotatable bonds is 8.